The Hall–Kier alpha value is 1.13. The van der Waals surface area contributed by atoms with Crippen LogP contribution in [0.5, 0.6) is 0 Å². The summed E-state index contributed by atoms with van der Waals surface area (Å²) in [4.78, 5) is 0. The monoisotopic (exact) mass is 221 g/mol. The first-order valence-corrected chi connectivity index (χ1v) is 5.26. The van der Waals surface area contributed by atoms with E-state index in [1.807, 2.05) is 0 Å². The molecule has 6 heteroatoms. The molecule has 1 fully saturated rings. The van der Waals surface area contributed by atoms with Crippen molar-refractivity contribution in [2.24, 2.45) is 5.14 Å². The van der Waals surface area contributed by atoms with Crippen LogP contribution in [-0.2, 0) is 14.5 Å². The summed E-state index contributed by atoms with van der Waals surface area (Å²) in [6.07, 6.45) is 4.72. The van der Waals surface area contributed by atoms with Gasteiger partial charge in [-0.3, -0.25) is 4.18 Å². The van der Waals surface area contributed by atoms with Gasteiger partial charge in [-0.15, -0.1) is 0 Å². The van der Waals surface area contributed by atoms with Gasteiger partial charge in [0.1, 0.15) is 0 Å². The van der Waals surface area contributed by atoms with Crippen LogP contribution in [0.4, 0.5) is 0 Å². The Balaban J connectivity index is -0.000000403. The second-order valence-electron chi connectivity index (χ2n) is 2.85. The van der Waals surface area contributed by atoms with E-state index >= 15 is 0 Å². The first kappa shape index (κ1) is 13.1. The zero-order valence-electron chi connectivity index (χ0n) is 9.03. The van der Waals surface area contributed by atoms with Crippen LogP contribution >= 0.6 is 0 Å². The Morgan fingerprint density at radius 1 is 1.25 bits per heavy atom. The molecule has 70 valence electrons. The number of hydrogen-bond donors (Lipinski definition) is 1. The largest absolute Gasteiger partial charge is 2.00 e. The molecule has 12 heavy (non-hydrogen) atoms. The van der Waals surface area contributed by atoms with Crippen LogP contribution in [0.15, 0.2) is 0 Å². The van der Waals surface area contributed by atoms with E-state index in [-0.39, 0.29) is 46.7 Å². The summed E-state index contributed by atoms with van der Waals surface area (Å²) in [5.41, 5.74) is 0. The van der Waals surface area contributed by atoms with E-state index < -0.39 is 10.3 Å². The molecule has 1 aliphatic carbocycles. The van der Waals surface area contributed by atoms with Crippen LogP contribution in [0.1, 0.15) is 35.0 Å². The van der Waals surface area contributed by atoms with Crippen molar-refractivity contribution >= 4 is 48.0 Å². The molecule has 0 amide bonds. The Morgan fingerprint density at radius 3 is 2.17 bits per heavy atom. The Kier molecular flexibility index (Phi) is 6.32. The molecule has 0 saturated heterocycles. The molecule has 0 aliphatic heterocycles. The summed E-state index contributed by atoms with van der Waals surface area (Å²) in [6.45, 7) is 0. The third-order valence-electron chi connectivity index (χ3n) is 1.82. The van der Waals surface area contributed by atoms with Crippen molar-refractivity contribution < 1.29 is 15.5 Å². The molecular weight excluding hydrogens is 206 g/mol. The molecule has 4 nitrogen and oxygen atoms in total. The Morgan fingerprint density at radius 2 is 1.75 bits per heavy atom. The third-order valence-corrected chi connectivity index (χ3v) is 2.36. The molecule has 1 aliphatic rings. The van der Waals surface area contributed by atoms with E-state index in [0.29, 0.717) is 0 Å². The van der Waals surface area contributed by atoms with Crippen molar-refractivity contribution in [2.45, 2.75) is 38.2 Å². The normalized spacial score (nSPS) is 20.1. The van der Waals surface area contributed by atoms with E-state index in [1.54, 1.807) is 0 Å². The van der Waals surface area contributed by atoms with Crippen molar-refractivity contribution in [3.63, 3.8) is 0 Å². The maximum Gasteiger partial charge on any atom is 2.00 e. The van der Waals surface area contributed by atoms with Crippen molar-refractivity contribution in [1.29, 1.82) is 0 Å². The first-order valence-electron chi connectivity index (χ1n) is 3.79. The van der Waals surface area contributed by atoms with Crippen LogP contribution < -0.4 is 5.14 Å². The van der Waals surface area contributed by atoms with Crippen molar-refractivity contribution in [2.75, 3.05) is 0 Å². The summed E-state index contributed by atoms with van der Waals surface area (Å²) in [7, 11) is -3.72. The summed E-state index contributed by atoms with van der Waals surface area (Å²) >= 11 is 0. The van der Waals surface area contributed by atoms with Gasteiger partial charge < -0.3 is 2.85 Å². The molecule has 0 aromatic rings. The van der Waals surface area contributed by atoms with Gasteiger partial charge in [-0.25, -0.2) is 5.14 Å². The molecule has 0 bridgehead atoms. The molecular formula is C6H15CaNO3S. The molecule has 1 rings (SSSR count). The predicted molar refractivity (Wildman–Crippen MR) is 49.0 cm³/mol. The molecule has 0 radical (unpaired) electrons. The number of hydrogen-bond acceptors (Lipinski definition) is 3. The zero-order chi connectivity index (χ0) is 8.32. The van der Waals surface area contributed by atoms with Crippen LogP contribution in [0.3, 0.4) is 0 Å². The predicted octanol–water partition coefficient (Wildman–Crippen LogP) is 0.383. The standard InChI is InChI=1S/C6H13NO3S.Ca.2H/c7-11(8,9)10-6-4-2-1-3-5-6;;;/h6H,1-5H2,(H2,7,8,9);;;/q;+2;2*-1. The minimum absolute atomic E-state index is 0. The molecule has 0 spiro atoms. The SMILES string of the molecule is NS(=O)(=O)OC1CCCCC1.[Ca+2].[H-].[H-]. The van der Waals surface area contributed by atoms with Gasteiger partial charge in [-0.05, 0) is 12.8 Å². The van der Waals surface area contributed by atoms with E-state index in [9.17, 15) is 8.42 Å². The molecule has 1 saturated carbocycles. The van der Waals surface area contributed by atoms with Gasteiger partial charge >= 0.3 is 48.0 Å². The van der Waals surface area contributed by atoms with Crippen LogP contribution in [0, 0.1) is 0 Å². The van der Waals surface area contributed by atoms with Crippen LogP contribution in [0.2, 0.25) is 0 Å². The van der Waals surface area contributed by atoms with Gasteiger partial charge in [0.15, 0.2) is 0 Å². The Bertz CT molecular complexity index is 219. The zero-order valence-corrected chi connectivity index (χ0v) is 10.1. The molecule has 0 aromatic heterocycles. The summed E-state index contributed by atoms with van der Waals surface area (Å²) in [5, 5.41) is 4.72. The topological polar surface area (TPSA) is 69.4 Å². The fourth-order valence-corrected chi connectivity index (χ4v) is 1.92. The second kappa shape index (κ2) is 5.78. The van der Waals surface area contributed by atoms with Gasteiger partial charge in [0.25, 0.3) is 0 Å². The summed E-state index contributed by atoms with van der Waals surface area (Å²) < 4.78 is 25.5. The molecule has 0 heterocycles. The van der Waals surface area contributed by atoms with Gasteiger partial charge in [0, 0.05) is 0 Å². The molecule has 0 unspecified atom stereocenters. The number of rotatable bonds is 2. The Labute approximate surface area is 106 Å². The molecule has 0 atom stereocenters. The van der Waals surface area contributed by atoms with Gasteiger partial charge in [0.2, 0.25) is 0 Å². The van der Waals surface area contributed by atoms with Crippen molar-refractivity contribution in [3.8, 4) is 0 Å². The average Bonchev–Trinajstić information content (AvgIpc) is 1.85. The van der Waals surface area contributed by atoms with E-state index in [4.69, 9.17) is 5.14 Å². The number of nitrogens with two attached hydrogens (primary N) is 1. The minimum atomic E-state index is -3.72. The van der Waals surface area contributed by atoms with Gasteiger partial charge in [0.05, 0.1) is 6.10 Å². The van der Waals surface area contributed by atoms with E-state index in [0.717, 1.165) is 25.7 Å². The smallest absolute Gasteiger partial charge is 1.00 e. The van der Waals surface area contributed by atoms with Crippen LogP contribution in [-0.4, -0.2) is 52.3 Å². The quantitative estimate of drug-likeness (QED) is 0.685. The van der Waals surface area contributed by atoms with E-state index in [1.165, 1.54) is 6.42 Å². The van der Waals surface area contributed by atoms with Crippen molar-refractivity contribution in [1.82, 2.24) is 0 Å². The maximum atomic E-state index is 10.5. The fraction of sp³-hybridized carbons (Fsp3) is 1.00. The van der Waals surface area contributed by atoms with Crippen LogP contribution in [0.25, 0.3) is 0 Å². The first-order chi connectivity index (χ1) is 5.08. The second-order valence-corrected chi connectivity index (χ2v) is 4.03. The van der Waals surface area contributed by atoms with Gasteiger partial charge in [-0.1, -0.05) is 19.3 Å². The van der Waals surface area contributed by atoms with E-state index in [2.05, 4.69) is 4.18 Å². The summed E-state index contributed by atoms with van der Waals surface area (Å²) in [6, 6.07) is 0. The molecule has 2 N–H and O–H groups in total. The fourth-order valence-electron chi connectivity index (χ4n) is 1.35. The third kappa shape index (κ3) is 5.72. The molecule has 0 aromatic carbocycles. The van der Waals surface area contributed by atoms with Gasteiger partial charge in [-0.2, -0.15) is 8.42 Å². The maximum absolute atomic E-state index is 10.5. The summed E-state index contributed by atoms with van der Waals surface area (Å²) in [5.74, 6) is 0. The average molecular weight is 221 g/mol. The minimum Gasteiger partial charge on any atom is -1.00 e. The van der Waals surface area contributed by atoms with Crippen molar-refractivity contribution in [3.05, 3.63) is 0 Å².